The summed E-state index contributed by atoms with van der Waals surface area (Å²) in [7, 11) is 0. The van der Waals surface area contributed by atoms with Crippen molar-refractivity contribution in [1.29, 1.82) is 0 Å². The molecule has 0 spiro atoms. The highest BCUT2D eigenvalue weighted by atomic mass is 79.9. The fraction of sp³-hybridized carbons (Fsp3) is 0.100. The number of nitrogen functional groups attached to an aromatic ring is 1. The highest BCUT2D eigenvalue weighted by molar-refractivity contribution is 9.10. The Morgan fingerprint density at radius 3 is 2.81 bits per heavy atom. The minimum absolute atomic E-state index is 0.251. The van der Waals surface area contributed by atoms with Gasteiger partial charge in [-0.1, -0.05) is 17.7 Å². The largest absolute Gasteiger partial charge is 0.381 e. The first-order chi connectivity index (χ1) is 7.58. The van der Waals surface area contributed by atoms with Crippen LogP contribution in [-0.2, 0) is 6.54 Å². The van der Waals surface area contributed by atoms with Crippen LogP contribution in [0.4, 0.5) is 10.2 Å². The average Bonchev–Trinajstić information content (AvgIpc) is 2.53. The van der Waals surface area contributed by atoms with Crippen molar-refractivity contribution in [1.82, 2.24) is 9.78 Å². The molecular weight excluding hydrogens is 296 g/mol. The van der Waals surface area contributed by atoms with Crippen LogP contribution < -0.4 is 5.73 Å². The third-order valence-corrected chi connectivity index (χ3v) is 3.09. The summed E-state index contributed by atoms with van der Waals surface area (Å²) in [6.45, 7) is 0.251. The third kappa shape index (κ3) is 2.20. The summed E-state index contributed by atoms with van der Waals surface area (Å²) in [6.07, 6.45) is 1.68. The maximum atomic E-state index is 13.5. The number of nitrogens with zero attached hydrogens (tertiary/aromatic N) is 2. The number of benzene rings is 1. The van der Waals surface area contributed by atoms with Crippen molar-refractivity contribution >= 4 is 33.3 Å². The quantitative estimate of drug-likeness (QED) is 0.926. The van der Waals surface area contributed by atoms with Gasteiger partial charge >= 0.3 is 0 Å². The molecule has 16 heavy (non-hydrogen) atoms. The Hall–Kier alpha value is -1.07. The summed E-state index contributed by atoms with van der Waals surface area (Å²) in [5, 5.41) is 4.39. The first-order valence-corrected chi connectivity index (χ1v) is 5.66. The number of aromatic nitrogens is 2. The maximum absolute atomic E-state index is 13.5. The van der Waals surface area contributed by atoms with Gasteiger partial charge in [-0.05, 0) is 28.1 Å². The Morgan fingerprint density at radius 2 is 2.25 bits per heavy atom. The van der Waals surface area contributed by atoms with Crippen LogP contribution in [0.15, 0.2) is 28.9 Å². The molecule has 0 amide bonds. The normalized spacial score (nSPS) is 10.7. The highest BCUT2D eigenvalue weighted by Crippen LogP contribution is 2.22. The van der Waals surface area contributed by atoms with Crippen LogP contribution in [0, 0.1) is 5.82 Å². The molecule has 0 bridgehead atoms. The second kappa shape index (κ2) is 4.43. The molecule has 0 saturated carbocycles. The first kappa shape index (κ1) is 11.4. The lowest BCUT2D eigenvalue weighted by atomic mass is 10.2. The summed E-state index contributed by atoms with van der Waals surface area (Å²) >= 11 is 9.13. The molecule has 1 aromatic carbocycles. The summed E-state index contributed by atoms with van der Waals surface area (Å²) in [6, 6.07) is 4.57. The molecule has 6 heteroatoms. The standard InChI is InChI=1S/C10H8BrClFN3/c11-7-5-16(15-10(7)14)4-6-8(12)2-1-3-9(6)13/h1-3,5H,4H2,(H2,14,15). The zero-order valence-corrected chi connectivity index (χ0v) is 10.5. The van der Waals surface area contributed by atoms with Gasteiger partial charge < -0.3 is 5.73 Å². The molecule has 0 aliphatic heterocycles. The Bertz CT molecular complexity index is 487. The summed E-state index contributed by atoms with van der Waals surface area (Å²) < 4.78 is 15.7. The van der Waals surface area contributed by atoms with Crippen molar-refractivity contribution in [2.24, 2.45) is 0 Å². The Morgan fingerprint density at radius 1 is 1.50 bits per heavy atom. The highest BCUT2D eigenvalue weighted by Gasteiger charge is 2.09. The summed E-state index contributed by atoms with van der Waals surface area (Å²) in [4.78, 5) is 0. The van der Waals surface area contributed by atoms with Crippen LogP contribution in [0.25, 0.3) is 0 Å². The van der Waals surface area contributed by atoms with Gasteiger partial charge in [0.25, 0.3) is 0 Å². The molecule has 0 fully saturated rings. The first-order valence-electron chi connectivity index (χ1n) is 4.49. The molecular formula is C10H8BrClFN3. The summed E-state index contributed by atoms with van der Waals surface area (Å²) in [5.41, 5.74) is 5.97. The Balaban J connectivity index is 2.33. The fourth-order valence-corrected chi connectivity index (χ4v) is 1.88. The minimum atomic E-state index is -0.349. The van der Waals surface area contributed by atoms with Crippen LogP contribution in [0.1, 0.15) is 5.56 Å². The SMILES string of the molecule is Nc1nn(Cc2c(F)cccc2Cl)cc1Br. The summed E-state index contributed by atoms with van der Waals surface area (Å²) in [5.74, 6) is 0.0187. The van der Waals surface area contributed by atoms with Crippen molar-refractivity contribution in [3.05, 3.63) is 45.3 Å². The lowest BCUT2D eigenvalue weighted by molar-refractivity contribution is 0.586. The number of hydrogen-bond acceptors (Lipinski definition) is 2. The van der Waals surface area contributed by atoms with Crippen molar-refractivity contribution in [2.75, 3.05) is 5.73 Å². The van der Waals surface area contributed by atoms with Crippen molar-refractivity contribution in [2.45, 2.75) is 6.54 Å². The van der Waals surface area contributed by atoms with E-state index in [4.69, 9.17) is 17.3 Å². The molecule has 0 radical (unpaired) electrons. The van der Waals surface area contributed by atoms with Crippen LogP contribution in [-0.4, -0.2) is 9.78 Å². The van der Waals surface area contributed by atoms with Gasteiger partial charge in [-0.3, -0.25) is 4.68 Å². The second-order valence-electron chi connectivity index (χ2n) is 3.26. The van der Waals surface area contributed by atoms with E-state index in [9.17, 15) is 4.39 Å². The van der Waals surface area contributed by atoms with E-state index in [2.05, 4.69) is 21.0 Å². The molecule has 1 heterocycles. The van der Waals surface area contributed by atoms with Crippen LogP contribution in [0.3, 0.4) is 0 Å². The smallest absolute Gasteiger partial charge is 0.159 e. The Labute approximate surface area is 105 Å². The average molecular weight is 305 g/mol. The number of rotatable bonds is 2. The zero-order chi connectivity index (χ0) is 11.7. The lowest BCUT2D eigenvalue weighted by Gasteiger charge is -2.05. The van der Waals surface area contributed by atoms with Gasteiger partial charge in [0.05, 0.1) is 11.0 Å². The van der Waals surface area contributed by atoms with Crippen molar-refractivity contribution < 1.29 is 4.39 Å². The van der Waals surface area contributed by atoms with E-state index in [-0.39, 0.29) is 12.4 Å². The van der Waals surface area contributed by atoms with E-state index < -0.39 is 0 Å². The van der Waals surface area contributed by atoms with E-state index in [1.807, 2.05) is 0 Å². The molecule has 3 nitrogen and oxygen atoms in total. The number of nitrogens with two attached hydrogens (primary N) is 1. The van der Waals surface area contributed by atoms with E-state index in [1.165, 1.54) is 10.7 Å². The number of hydrogen-bond donors (Lipinski definition) is 1. The molecule has 2 aromatic rings. The Kier molecular flexibility index (Phi) is 3.16. The molecule has 84 valence electrons. The second-order valence-corrected chi connectivity index (χ2v) is 4.52. The molecule has 0 saturated heterocycles. The van der Waals surface area contributed by atoms with E-state index >= 15 is 0 Å². The van der Waals surface area contributed by atoms with Gasteiger partial charge in [0.2, 0.25) is 0 Å². The van der Waals surface area contributed by atoms with Crippen molar-refractivity contribution in [3.63, 3.8) is 0 Å². The predicted octanol–water partition coefficient (Wildman–Crippen LogP) is 3.07. The van der Waals surface area contributed by atoms with Gasteiger partial charge in [-0.15, -0.1) is 0 Å². The monoisotopic (exact) mass is 303 g/mol. The molecule has 1 aromatic heterocycles. The van der Waals surface area contributed by atoms with Crippen molar-refractivity contribution in [3.8, 4) is 0 Å². The topological polar surface area (TPSA) is 43.8 Å². The molecule has 0 atom stereocenters. The van der Waals surface area contributed by atoms with Gasteiger partial charge in [0.1, 0.15) is 5.82 Å². The number of halogens is 3. The number of anilines is 1. The van der Waals surface area contributed by atoms with Crippen LogP contribution in [0.5, 0.6) is 0 Å². The van der Waals surface area contributed by atoms with Gasteiger partial charge in [0.15, 0.2) is 5.82 Å². The molecule has 0 aliphatic carbocycles. The minimum Gasteiger partial charge on any atom is -0.381 e. The van der Waals surface area contributed by atoms with Gasteiger partial charge in [-0.2, -0.15) is 5.10 Å². The lowest BCUT2D eigenvalue weighted by Crippen LogP contribution is -2.03. The third-order valence-electron chi connectivity index (χ3n) is 2.13. The van der Waals surface area contributed by atoms with Gasteiger partial charge in [-0.25, -0.2) is 4.39 Å². The molecule has 0 aliphatic rings. The van der Waals surface area contributed by atoms with E-state index in [0.717, 1.165) is 0 Å². The molecule has 2 rings (SSSR count). The maximum Gasteiger partial charge on any atom is 0.159 e. The van der Waals surface area contributed by atoms with E-state index in [1.54, 1.807) is 18.3 Å². The zero-order valence-electron chi connectivity index (χ0n) is 8.12. The van der Waals surface area contributed by atoms with Gasteiger partial charge in [0, 0.05) is 16.8 Å². The van der Waals surface area contributed by atoms with Crippen LogP contribution in [0.2, 0.25) is 5.02 Å². The molecule has 2 N–H and O–H groups in total. The van der Waals surface area contributed by atoms with E-state index in [0.29, 0.717) is 20.9 Å². The fourth-order valence-electron chi connectivity index (χ4n) is 1.34. The predicted molar refractivity (Wildman–Crippen MR) is 64.9 cm³/mol. The van der Waals surface area contributed by atoms with Crippen LogP contribution >= 0.6 is 27.5 Å². The molecule has 0 unspecified atom stereocenters.